The zero-order valence-electron chi connectivity index (χ0n) is 32.2. The summed E-state index contributed by atoms with van der Waals surface area (Å²) in [6, 6.07) is 12.2. The molecule has 13 nitrogen and oxygen atoms in total. The van der Waals surface area contributed by atoms with E-state index in [0.29, 0.717) is 60.1 Å². The van der Waals surface area contributed by atoms with Crippen LogP contribution in [0.4, 0.5) is 0 Å². The number of carbonyl (C=O) groups is 4. The Balaban J connectivity index is 1.15. The van der Waals surface area contributed by atoms with E-state index in [1.807, 2.05) is 54.6 Å². The first-order valence-corrected chi connectivity index (χ1v) is 22.1. The molecule has 0 bridgehead atoms. The molecule has 4 aromatic rings. The summed E-state index contributed by atoms with van der Waals surface area (Å²) in [6.07, 6.45) is 7.58. The number of nitrogens with zero attached hydrogens (tertiary/aromatic N) is 2. The molecule has 2 aromatic heterocycles. The number of aromatic nitrogens is 1. The molecule has 15 heteroatoms. The highest BCUT2D eigenvalue weighted by Gasteiger charge is 2.62. The van der Waals surface area contributed by atoms with Gasteiger partial charge in [0.25, 0.3) is 5.91 Å². The van der Waals surface area contributed by atoms with Crippen LogP contribution in [0.1, 0.15) is 85.0 Å². The fourth-order valence-corrected chi connectivity index (χ4v) is 9.92. The SMILES string of the molecule is CC(C)(C)OC(=O)C[C@H]1CCCCC/C=C\[C@@H]2C[C@@]2(C(=O)NS(=O)(=O)C2CC2)NC(=O)[C@@H]2C[C@@H](Oc3nc4c5ccccc5oc4c4ccc(Br)cc34)CN2C1=O. The van der Waals surface area contributed by atoms with Gasteiger partial charge in [-0.05, 0) is 89.6 Å². The van der Waals surface area contributed by atoms with Crippen LogP contribution in [0.5, 0.6) is 5.88 Å². The van der Waals surface area contributed by atoms with Gasteiger partial charge in [0.1, 0.15) is 34.4 Å². The molecule has 2 aliphatic heterocycles. The molecular weight excluding hydrogens is 816 g/mol. The molecule has 57 heavy (non-hydrogen) atoms. The number of sulfonamides is 1. The number of hydrogen-bond acceptors (Lipinski definition) is 10. The van der Waals surface area contributed by atoms with Gasteiger partial charge in [-0.1, -0.05) is 53.1 Å². The van der Waals surface area contributed by atoms with E-state index in [2.05, 4.69) is 26.0 Å². The second kappa shape index (κ2) is 15.0. The third-order valence-corrected chi connectivity index (χ3v) is 13.6. The van der Waals surface area contributed by atoms with Crippen molar-refractivity contribution >= 4 is 82.5 Å². The molecule has 2 N–H and O–H groups in total. The van der Waals surface area contributed by atoms with E-state index in [1.165, 1.54) is 4.90 Å². The molecule has 0 radical (unpaired) electrons. The van der Waals surface area contributed by atoms with Crippen LogP contribution in [0.15, 0.2) is 63.5 Å². The van der Waals surface area contributed by atoms with Gasteiger partial charge in [0.05, 0.1) is 18.2 Å². The summed E-state index contributed by atoms with van der Waals surface area (Å²) in [6.45, 7) is 5.31. The number of hydrogen-bond donors (Lipinski definition) is 2. The van der Waals surface area contributed by atoms with Crippen LogP contribution in [0.3, 0.4) is 0 Å². The molecule has 0 spiro atoms. The van der Waals surface area contributed by atoms with Gasteiger partial charge in [0.15, 0.2) is 5.58 Å². The number of esters is 1. The van der Waals surface area contributed by atoms with Crippen LogP contribution in [-0.4, -0.2) is 77.1 Å². The molecule has 4 aliphatic rings. The first kappa shape index (κ1) is 39.3. The predicted molar refractivity (Wildman–Crippen MR) is 216 cm³/mol. The maximum Gasteiger partial charge on any atom is 0.307 e. The normalized spacial score (nSPS) is 26.6. The monoisotopic (exact) mass is 862 g/mol. The highest BCUT2D eigenvalue weighted by molar-refractivity contribution is 9.10. The second-order valence-electron chi connectivity index (χ2n) is 16.9. The number of rotatable bonds is 7. The van der Waals surface area contributed by atoms with E-state index in [0.717, 1.165) is 28.1 Å². The van der Waals surface area contributed by atoms with Crippen LogP contribution >= 0.6 is 15.9 Å². The Morgan fingerprint density at radius 2 is 1.84 bits per heavy atom. The van der Waals surface area contributed by atoms with E-state index in [4.69, 9.17) is 18.9 Å². The second-order valence-corrected chi connectivity index (χ2v) is 19.7. The molecule has 5 atom stereocenters. The van der Waals surface area contributed by atoms with Gasteiger partial charge in [-0.15, -0.1) is 0 Å². The third-order valence-electron chi connectivity index (χ3n) is 11.3. The highest BCUT2D eigenvalue weighted by Crippen LogP contribution is 2.46. The maximum atomic E-state index is 14.7. The summed E-state index contributed by atoms with van der Waals surface area (Å²) in [7, 11) is -3.90. The number of furan rings is 1. The summed E-state index contributed by atoms with van der Waals surface area (Å²) >= 11 is 3.57. The Hall–Kier alpha value is -4.50. The Kier molecular flexibility index (Phi) is 10.4. The molecule has 3 amide bonds. The number of halogens is 1. The Morgan fingerprint density at radius 1 is 1.05 bits per heavy atom. The Bertz CT molecular complexity index is 2420. The molecule has 2 aliphatic carbocycles. The maximum absolute atomic E-state index is 14.7. The minimum atomic E-state index is -3.90. The minimum absolute atomic E-state index is 0.00166. The fourth-order valence-electron chi connectivity index (χ4n) is 8.19. The van der Waals surface area contributed by atoms with Crippen molar-refractivity contribution in [3.63, 3.8) is 0 Å². The first-order chi connectivity index (χ1) is 27.1. The van der Waals surface area contributed by atoms with Crippen molar-refractivity contribution < 1.29 is 41.5 Å². The van der Waals surface area contributed by atoms with E-state index in [1.54, 1.807) is 20.8 Å². The quantitative estimate of drug-likeness (QED) is 0.152. The van der Waals surface area contributed by atoms with Crippen LogP contribution in [0, 0.1) is 11.8 Å². The summed E-state index contributed by atoms with van der Waals surface area (Å²) in [5, 5.41) is 4.53. The molecular formula is C42H47BrN4O9S. The van der Waals surface area contributed by atoms with Crippen molar-refractivity contribution in [2.45, 2.75) is 114 Å². The lowest BCUT2D eigenvalue weighted by Crippen LogP contribution is -2.57. The first-order valence-electron chi connectivity index (χ1n) is 19.8. The Morgan fingerprint density at radius 3 is 2.61 bits per heavy atom. The van der Waals surface area contributed by atoms with Crippen LogP contribution in [0.25, 0.3) is 32.8 Å². The van der Waals surface area contributed by atoms with Crippen molar-refractivity contribution in [3.05, 3.63) is 59.1 Å². The van der Waals surface area contributed by atoms with Crippen molar-refractivity contribution in [3.8, 4) is 5.88 Å². The van der Waals surface area contributed by atoms with E-state index in [-0.39, 0.29) is 31.7 Å². The predicted octanol–water partition coefficient (Wildman–Crippen LogP) is 6.60. The largest absolute Gasteiger partial charge is 0.472 e. The standard InChI is InChI=1S/C42H47BrN4O9S/c1-41(2,3)56-34(48)19-24-11-7-5-4-6-8-12-25-22-42(25,40(51)46-57(52,53)28-16-17-28)45-37(49)32-21-27(23-47(32)39(24)50)54-38-31-20-26(43)15-18-29(31)36-35(44-38)30-13-9-10-14-33(30)55-36/h8-10,12-15,18,20,24-25,27-28,32H,4-7,11,16-17,19,21-23H2,1-3H3,(H,45,49)(H,46,51)/b12-8-/t24-,25-,27-,32+,42-/m1/s1. The van der Waals surface area contributed by atoms with Gasteiger partial charge >= 0.3 is 5.97 Å². The van der Waals surface area contributed by atoms with Gasteiger partial charge in [-0.25, -0.2) is 13.4 Å². The number of benzene rings is 2. The average molecular weight is 864 g/mol. The molecule has 8 rings (SSSR count). The molecule has 4 heterocycles. The van der Waals surface area contributed by atoms with Gasteiger partial charge in [-0.2, -0.15) is 0 Å². The van der Waals surface area contributed by atoms with Gasteiger partial charge in [-0.3, -0.25) is 23.9 Å². The number of allylic oxidation sites excluding steroid dienone is 1. The molecule has 2 saturated carbocycles. The molecule has 3 fully saturated rings. The molecule has 2 aromatic carbocycles. The van der Waals surface area contributed by atoms with Gasteiger partial charge in [0, 0.05) is 38.9 Å². The van der Waals surface area contributed by atoms with E-state index >= 15 is 0 Å². The number of ether oxygens (including phenoxy) is 2. The third kappa shape index (κ3) is 8.14. The number of pyridine rings is 1. The summed E-state index contributed by atoms with van der Waals surface area (Å²) in [4.78, 5) is 62.7. The van der Waals surface area contributed by atoms with Crippen LogP contribution in [-0.2, 0) is 33.9 Å². The lowest BCUT2D eigenvalue weighted by molar-refractivity contribution is -0.159. The summed E-state index contributed by atoms with van der Waals surface area (Å²) < 4.78 is 47.4. The van der Waals surface area contributed by atoms with E-state index < -0.39 is 68.2 Å². The van der Waals surface area contributed by atoms with E-state index in [9.17, 15) is 27.6 Å². The number of nitrogens with one attached hydrogen (secondary N) is 2. The van der Waals surface area contributed by atoms with Gasteiger partial charge < -0.3 is 24.1 Å². The highest BCUT2D eigenvalue weighted by atomic mass is 79.9. The number of fused-ring (bicyclic) bond motifs is 7. The average Bonchev–Trinajstić information content (AvgIpc) is 4.05. The molecule has 302 valence electrons. The van der Waals surface area contributed by atoms with Crippen LogP contribution in [0.2, 0.25) is 0 Å². The summed E-state index contributed by atoms with van der Waals surface area (Å²) in [5.41, 5.74) is -0.378. The topological polar surface area (TPSA) is 174 Å². The van der Waals surface area contributed by atoms with Crippen molar-refractivity contribution in [1.82, 2.24) is 19.9 Å². The number of amides is 3. The number of carbonyl (C=O) groups excluding carboxylic acids is 4. The zero-order valence-corrected chi connectivity index (χ0v) is 34.6. The summed E-state index contributed by atoms with van der Waals surface area (Å²) in [5.74, 6) is -3.19. The molecule has 0 unspecified atom stereocenters. The van der Waals surface area contributed by atoms with Crippen molar-refractivity contribution in [2.24, 2.45) is 11.8 Å². The minimum Gasteiger partial charge on any atom is -0.472 e. The van der Waals surface area contributed by atoms with Crippen molar-refractivity contribution in [2.75, 3.05) is 6.54 Å². The van der Waals surface area contributed by atoms with Crippen molar-refractivity contribution in [1.29, 1.82) is 0 Å². The smallest absolute Gasteiger partial charge is 0.307 e. The van der Waals surface area contributed by atoms with Crippen LogP contribution < -0.4 is 14.8 Å². The lowest BCUT2D eigenvalue weighted by atomic mass is 9.95. The molecule has 1 saturated heterocycles. The zero-order chi connectivity index (χ0) is 40.3. The lowest BCUT2D eigenvalue weighted by Gasteiger charge is -2.30. The van der Waals surface area contributed by atoms with Gasteiger partial charge in [0.2, 0.25) is 27.7 Å². The Labute approximate surface area is 339 Å². The number of para-hydroxylation sites is 1. The fraction of sp³-hybridized carbons (Fsp3) is 0.500.